The van der Waals surface area contributed by atoms with E-state index in [0.29, 0.717) is 10.9 Å². The summed E-state index contributed by atoms with van der Waals surface area (Å²) in [5.41, 5.74) is 0.379. The van der Waals surface area contributed by atoms with Gasteiger partial charge in [-0.25, -0.2) is 23.1 Å². The maximum absolute atomic E-state index is 13.4. The highest BCUT2D eigenvalue weighted by Crippen LogP contribution is 2.35. The van der Waals surface area contributed by atoms with Gasteiger partial charge in [-0.3, -0.25) is 4.79 Å². The van der Waals surface area contributed by atoms with E-state index in [1.807, 2.05) is 0 Å². The molecule has 0 amide bonds. The molecule has 0 spiro atoms. The number of fused-ring (bicyclic) bond motifs is 1. The summed E-state index contributed by atoms with van der Waals surface area (Å²) in [6.45, 7) is 1.23. The van der Waals surface area contributed by atoms with Gasteiger partial charge in [-0.1, -0.05) is 0 Å². The number of benzene rings is 2. The molecule has 0 aliphatic heterocycles. The lowest BCUT2D eigenvalue weighted by Gasteiger charge is -2.12. The van der Waals surface area contributed by atoms with Gasteiger partial charge in [-0.2, -0.15) is 0 Å². The number of hydrogen-bond donors (Lipinski definition) is 1. The minimum Gasteiger partial charge on any atom is -0.493 e. The van der Waals surface area contributed by atoms with E-state index in [2.05, 4.69) is 15.3 Å². The molecular formula is C17H12F3N3O3. The molecule has 3 aromatic rings. The first-order valence-electron chi connectivity index (χ1n) is 7.31. The van der Waals surface area contributed by atoms with E-state index in [1.165, 1.54) is 32.5 Å². The lowest BCUT2D eigenvalue weighted by molar-refractivity contribution is -0.132. The van der Waals surface area contributed by atoms with E-state index in [1.54, 1.807) is 0 Å². The smallest absolute Gasteiger partial charge is 0.308 e. The Morgan fingerprint density at radius 1 is 1.04 bits per heavy atom. The molecule has 0 unspecified atom stereocenters. The molecule has 1 heterocycles. The summed E-state index contributed by atoms with van der Waals surface area (Å²) in [5.74, 6) is -4.22. The number of hydrogen-bond acceptors (Lipinski definition) is 6. The molecule has 6 nitrogen and oxygen atoms in total. The summed E-state index contributed by atoms with van der Waals surface area (Å²) in [5, 5.41) is 3.09. The Kier molecular flexibility index (Phi) is 4.61. The average Bonchev–Trinajstić information content (AvgIpc) is 2.59. The van der Waals surface area contributed by atoms with Crippen molar-refractivity contribution in [2.24, 2.45) is 0 Å². The first-order chi connectivity index (χ1) is 12.4. The number of methoxy groups -OCH3 is 1. The largest absolute Gasteiger partial charge is 0.493 e. The zero-order chi connectivity index (χ0) is 18.8. The van der Waals surface area contributed by atoms with Crippen molar-refractivity contribution in [3.63, 3.8) is 0 Å². The number of halogens is 3. The quantitative estimate of drug-likeness (QED) is 0.433. The molecule has 0 aliphatic rings. The van der Waals surface area contributed by atoms with Crippen LogP contribution in [0.5, 0.6) is 11.5 Å². The molecule has 0 bridgehead atoms. The maximum Gasteiger partial charge on any atom is 0.308 e. The van der Waals surface area contributed by atoms with Gasteiger partial charge in [0, 0.05) is 36.2 Å². The lowest BCUT2D eigenvalue weighted by Crippen LogP contribution is -2.04. The van der Waals surface area contributed by atoms with E-state index in [-0.39, 0.29) is 23.0 Å². The molecule has 0 saturated heterocycles. The van der Waals surface area contributed by atoms with Crippen LogP contribution in [-0.2, 0) is 4.79 Å². The molecule has 0 aliphatic carbocycles. The molecule has 3 rings (SSSR count). The SMILES string of the molecule is COc1cc2ncnc(Nc3cc(F)c(F)c(F)c3)c2cc1OC(C)=O. The van der Waals surface area contributed by atoms with Crippen LogP contribution in [0, 0.1) is 17.5 Å². The topological polar surface area (TPSA) is 73.3 Å². The number of ether oxygens (including phenoxy) is 2. The van der Waals surface area contributed by atoms with Crippen LogP contribution >= 0.6 is 0 Å². The predicted molar refractivity (Wildman–Crippen MR) is 87.0 cm³/mol. The molecular weight excluding hydrogens is 351 g/mol. The Bertz CT molecular complexity index is 988. The molecule has 0 fully saturated rings. The van der Waals surface area contributed by atoms with E-state index in [9.17, 15) is 18.0 Å². The highest BCUT2D eigenvalue weighted by molar-refractivity contribution is 5.93. The van der Waals surface area contributed by atoms with Gasteiger partial charge in [0.15, 0.2) is 29.0 Å². The molecule has 1 aromatic heterocycles. The highest BCUT2D eigenvalue weighted by Gasteiger charge is 2.15. The summed E-state index contributed by atoms with van der Waals surface area (Å²) in [6.07, 6.45) is 1.23. The fourth-order valence-electron chi connectivity index (χ4n) is 2.32. The summed E-state index contributed by atoms with van der Waals surface area (Å²) < 4.78 is 50.1. The van der Waals surface area contributed by atoms with Crippen molar-refractivity contribution in [1.29, 1.82) is 0 Å². The Morgan fingerprint density at radius 2 is 1.73 bits per heavy atom. The van der Waals surface area contributed by atoms with Gasteiger partial charge in [0.25, 0.3) is 0 Å². The van der Waals surface area contributed by atoms with Gasteiger partial charge in [0.2, 0.25) is 0 Å². The van der Waals surface area contributed by atoms with E-state index < -0.39 is 23.4 Å². The third kappa shape index (κ3) is 3.37. The van der Waals surface area contributed by atoms with Crippen LogP contribution in [0.25, 0.3) is 10.9 Å². The fourth-order valence-corrected chi connectivity index (χ4v) is 2.32. The van der Waals surface area contributed by atoms with Gasteiger partial charge < -0.3 is 14.8 Å². The summed E-state index contributed by atoms with van der Waals surface area (Å²) in [4.78, 5) is 19.4. The Labute approximate surface area is 145 Å². The highest BCUT2D eigenvalue weighted by atomic mass is 19.2. The average molecular weight is 363 g/mol. The minimum absolute atomic E-state index is 0.0498. The van der Waals surface area contributed by atoms with Crippen LogP contribution in [0.15, 0.2) is 30.6 Å². The second-order valence-electron chi connectivity index (χ2n) is 5.22. The van der Waals surface area contributed by atoms with Gasteiger partial charge in [-0.05, 0) is 6.07 Å². The normalized spacial score (nSPS) is 10.7. The van der Waals surface area contributed by atoms with E-state index in [0.717, 1.165) is 12.1 Å². The van der Waals surface area contributed by atoms with Crippen molar-refractivity contribution in [1.82, 2.24) is 9.97 Å². The van der Waals surface area contributed by atoms with Crippen molar-refractivity contribution in [2.45, 2.75) is 6.92 Å². The van der Waals surface area contributed by atoms with Crippen LogP contribution in [0.4, 0.5) is 24.7 Å². The van der Waals surface area contributed by atoms with Crippen LogP contribution < -0.4 is 14.8 Å². The number of carbonyl (C=O) groups excluding carboxylic acids is 1. The van der Waals surface area contributed by atoms with Crippen molar-refractivity contribution in [3.05, 3.63) is 48.0 Å². The van der Waals surface area contributed by atoms with Crippen molar-refractivity contribution < 1.29 is 27.4 Å². The molecule has 2 aromatic carbocycles. The third-order valence-corrected chi connectivity index (χ3v) is 3.42. The minimum atomic E-state index is -1.56. The van der Waals surface area contributed by atoms with Gasteiger partial charge in [0.05, 0.1) is 12.6 Å². The number of carbonyl (C=O) groups is 1. The van der Waals surface area contributed by atoms with E-state index in [4.69, 9.17) is 9.47 Å². The Hall–Kier alpha value is -3.36. The van der Waals surface area contributed by atoms with Gasteiger partial charge in [0.1, 0.15) is 12.1 Å². The standard InChI is InChI=1S/C17H12F3N3O3/c1-8(24)26-15-5-10-13(6-14(15)25-2)21-7-22-17(10)23-9-3-11(18)16(20)12(19)4-9/h3-7H,1-2H3,(H,21,22,23). The number of nitrogens with zero attached hydrogens (tertiary/aromatic N) is 2. The van der Waals surface area contributed by atoms with Crippen LogP contribution in [0.2, 0.25) is 0 Å². The molecule has 134 valence electrons. The first kappa shape index (κ1) is 17.5. The zero-order valence-electron chi connectivity index (χ0n) is 13.6. The number of aromatic nitrogens is 2. The second kappa shape index (κ2) is 6.87. The first-order valence-corrected chi connectivity index (χ1v) is 7.31. The van der Waals surface area contributed by atoms with Crippen molar-refractivity contribution in [3.8, 4) is 11.5 Å². The number of rotatable bonds is 4. The summed E-state index contributed by atoms with van der Waals surface area (Å²) in [6, 6.07) is 4.56. The fraction of sp³-hybridized carbons (Fsp3) is 0.118. The lowest BCUT2D eigenvalue weighted by atomic mass is 10.2. The molecule has 9 heteroatoms. The predicted octanol–water partition coefficient (Wildman–Crippen LogP) is 3.72. The molecule has 26 heavy (non-hydrogen) atoms. The Morgan fingerprint density at radius 3 is 2.35 bits per heavy atom. The van der Waals surface area contributed by atoms with Gasteiger partial charge in [-0.15, -0.1) is 0 Å². The Balaban J connectivity index is 2.10. The van der Waals surface area contributed by atoms with Crippen molar-refractivity contribution in [2.75, 3.05) is 12.4 Å². The molecule has 0 atom stereocenters. The molecule has 1 N–H and O–H groups in total. The summed E-state index contributed by atoms with van der Waals surface area (Å²) >= 11 is 0. The number of nitrogens with one attached hydrogen (secondary N) is 1. The molecule has 0 radical (unpaired) electrons. The van der Waals surface area contributed by atoms with Gasteiger partial charge >= 0.3 is 5.97 Å². The summed E-state index contributed by atoms with van der Waals surface area (Å²) in [7, 11) is 1.40. The second-order valence-corrected chi connectivity index (χ2v) is 5.22. The maximum atomic E-state index is 13.4. The monoisotopic (exact) mass is 363 g/mol. The van der Waals surface area contributed by atoms with E-state index >= 15 is 0 Å². The van der Waals surface area contributed by atoms with Crippen LogP contribution in [0.1, 0.15) is 6.92 Å². The zero-order valence-corrected chi connectivity index (χ0v) is 13.6. The molecule has 0 saturated carbocycles. The number of esters is 1. The van der Waals surface area contributed by atoms with Crippen LogP contribution in [0.3, 0.4) is 0 Å². The number of anilines is 2. The third-order valence-electron chi connectivity index (χ3n) is 3.42. The van der Waals surface area contributed by atoms with Crippen molar-refractivity contribution >= 4 is 28.4 Å². The van der Waals surface area contributed by atoms with Crippen LogP contribution in [-0.4, -0.2) is 23.0 Å².